The number of likely N-dealkylation sites (N-methyl/N-ethyl adjacent to an activating group) is 1. The number of thioether (sulfide) groups is 1. The molecule has 2 fully saturated rings. The topological polar surface area (TPSA) is 64.9 Å². The quantitative estimate of drug-likeness (QED) is 0.286. The summed E-state index contributed by atoms with van der Waals surface area (Å²) in [7, 11) is 2.03. The van der Waals surface area contributed by atoms with Gasteiger partial charge in [-0.25, -0.2) is 13.6 Å². The van der Waals surface area contributed by atoms with Gasteiger partial charge in [0, 0.05) is 91.1 Å². The number of anilines is 1. The highest BCUT2D eigenvalue weighted by Crippen LogP contribution is 2.50. The van der Waals surface area contributed by atoms with E-state index >= 15 is 4.39 Å². The molecule has 3 aliphatic rings. The maximum atomic E-state index is 15.3. The van der Waals surface area contributed by atoms with Gasteiger partial charge in [0.25, 0.3) is 0 Å². The Morgan fingerprint density at radius 3 is 2.46 bits per heavy atom. The number of halogens is 5. The first-order valence-electron chi connectivity index (χ1n) is 15.2. The van der Waals surface area contributed by atoms with Crippen molar-refractivity contribution in [2.24, 2.45) is 0 Å². The van der Waals surface area contributed by atoms with Gasteiger partial charge in [0.05, 0.1) is 17.1 Å². The van der Waals surface area contributed by atoms with Crippen molar-refractivity contribution < 1.29 is 26.7 Å². The number of rotatable bonds is 5. The molecule has 14 heteroatoms. The third-order valence-electron chi connectivity index (χ3n) is 9.22. The lowest BCUT2D eigenvalue weighted by Gasteiger charge is -2.45. The summed E-state index contributed by atoms with van der Waals surface area (Å²) in [5.41, 5.74) is -2.28. The fraction of sp³-hybridized carbons (Fsp3) is 0.469. The van der Waals surface area contributed by atoms with E-state index in [9.17, 15) is 27.2 Å². The van der Waals surface area contributed by atoms with Crippen molar-refractivity contribution in [3.05, 3.63) is 64.6 Å². The summed E-state index contributed by atoms with van der Waals surface area (Å²) < 4.78 is 75.4. The Kier molecular flexibility index (Phi) is 8.66. The Morgan fingerprint density at radius 1 is 1.09 bits per heavy atom. The van der Waals surface area contributed by atoms with Gasteiger partial charge >= 0.3 is 11.9 Å². The normalized spacial score (nSPS) is 22.8. The molecule has 1 amide bonds. The van der Waals surface area contributed by atoms with Crippen LogP contribution in [0.5, 0.6) is 0 Å². The predicted octanol–water partition coefficient (Wildman–Crippen LogP) is 4.87. The van der Waals surface area contributed by atoms with Crippen LogP contribution < -0.4 is 10.6 Å². The van der Waals surface area contributed by atoms with Gasteiger partial charge in [-0.1, -0.05) is 6.58 Å². The smallest absolute Gasteiger partial charge is 0.349 e. The van der Waals surface area contributed by atoms with E-state index < -0.39 is 52.3 Å². The maximum absolute atomic E-state index is 15.3. The van der Waals surface area contributed by atoms with Crippen molar-refractivity contribution in [3.8, 4) is 11.1 Å². The molecule has 0 bridgehead atoms. The average Bonchev–Trinajstić information content (AvgIpc) is 3.00. The number of hydrogen-bond donors (Lipinski definition) is 0. The number of benzene rings is 2. The predicted molar refractivity (Wildman–Crippen MR) is 168 cm³/mol. The first-order valence-corrected chi connectivity index (χ1v) is 16.2. The fourth-order valence-corrected chi connectivity index (χ4v) is 8.12. The van der Waals surface area contributed by atoms with E-state index in [-0.39, 0.29) is 52.4 Å². The van der Waals surface area contributed by atoms with Gasteiger partial charge in [0.1, 0.15) is 17.5 Å². The van der Waals surface area contributed by atoms with Crippen molar-refractivity contribution in [1.82, 2.24) is 24.3 Å². The molecule has 4 heterocycles. The number of amides is 1. The van der Waals surface area contributed by atoms with Crippen LogP contribution in [0.1, 0.15) is 25.5 Å². The molecule has 0 spiro atoms. The lowest BCUT2D eigenvalue weighted by atomic mass is 9.95. The standard InChI is InChI=1S/C32H35F5N6O2S/c1-5-26(44)41-14-19(3)42(15-18(41)2)30-23-13-24(32(35,36)37)27(22-7-6-20(33)12-25(22)34)29-28(23)43(31(45)38-30)21(17-46-29)16-40-10-8-39(4)9-11-40/h5-7,12-13,18-19,21H,1,8-11,14-17H2,2-4H3/t18-,19+,21?/m1/s1. The molecule has 0 N–H and O–H groups in total. The van der Waals surface area contributed by atoms with Crippen LogP contribution in [-0.2, 0) is 11.0 Å². The van der Waals surface area contributed by atoms with Crippen molar-refractivity contribution >= 4 is 34.4 Å². The zero-order valence-corrected chi connectivity index (χ0v) is 26.6. The molecule has 3 aromatic rings. The monoisotopic (exact) mass is 662 g/mol. The zero-order chi connectivity index (χ0) is 33.1. The molecule has 2 saturated heterocycles. The number of aromatic nitrogens is 2. The highest BCUT2D eigenvalue weighted by atomic mass is 32.2. The first-order chi connectivity index (χ1) is 21.8. The second-order valence-electron chi connectivity index (χ2n) is 12.3. The zero-order valence-electron chi connectivity index (χ0n) is 25.8. The summed E-state index contributed by atoms with van der Waals surface area (Å²) in [4.78, 5) is 38.9. The Balaban J connectivity index is 1.60. The molecule has 0 aliphatic carbocycles. The van der Waals surface area contributed by atoms with Crippen LogP contribution in [-0.4, -0.2) is 101 Å². The van der Waals surface area contributed by atoms with E-state index in [1.54, 1.807) is 9.80 Å². The average molecular weight is 663 g/mol. The molecule has 1 unspecified atom stereocenters. The first kappa shape index (κ1) is 32.5. The van der Waals surface area contributed by atoms with Crippen LogP contribution in [0.25, 0.3) is 22.0 Å². The summed E-state index contributed by atoms with van der Waals surface area (Å²) in [6, 6.07) is 2.31. The van der Waals surface area contributed by atoms with E-state index in [4.69, 9.17) is 0 Å². The van der Waals surface area contributed by atoms with E-state index in [1.807, 2.05) is 20.9 Å². The van der Waals surface area contributed by atoms with Crippen LogP contribution in [0.3, 0.4) is 0 Å². The molecule has 6 rings (SSSR count). The van der Waals surface area contributed by atoms with E-state index in [1.165, 1.54) is 10.6 Å². The minimum atomic E-state index is -4.91. The highest BCUT2D eigenvalue weighted by Gasteiger charge is 2.41. The van der Waals surface area contributed by atoms with Gasteiger partial charge in [-0.3, -0.25) is 14.3 Å². The van der Waals surface area contributed by atoms with Crippen LogP contribution >= 0.6 is 11.8 Å². The molecule has 1 aromatic heterocycles. The Hall–Kier alpha value is -3.49. The minimum absolute atomic E-state index is 0.0834. The summed E-state index contributed by atoms with van der Waals surface area (Å²) >= 11 is 1.15. The molecule has 0 saturated carbocycles. The van der Waals surface area contributed by atoms with Gasteiger partial charge in [0.15, 0.2) is 0 Å². The van der Waals surface area contributed by atoms with Gasteiger partial charge < -0.3 is 14.7 Å². The summed E-state index contributed by atoms with van der Waals surface area (Å²) in [6.45, 7) is 11.4. The van der Waals surface area contributed by atoms with E-state index in [2.05, 4.69) is 21.4 Å². The SMILES string of the molecule is C=CC(=O)N1C[C@H](C)N(c2nc(=O)n3c4c(c(-c5ccc(F)cc5F)c(C(F)(F)F)cc24)SCC3CN2CCN(C)CC2)C[C@H]1C. The molecule has 0 radical (unpaired) electrons. The molecular weight excluding hydrogens is 627 g/mol. The number of hydrogen-bond acceptors (Lipinski definition) is 7. The molecule has 3 aliphatic heterocycles. The van der Waals surface area contributed by atoms with Crippen LogP contribution in [0.15, 0.2) is 46.6 Å². The lowest BCUT2D eigenvalue weighted by molar-refractivity contribution is -0.137. The summed E-state index contributed by atoms with van der Waals surface area (Å²) in [5.74, 6) is -1.96. The molecule has 8 nitrogen and oxygen atoms in total. The van der Waals surface area contributed by atoms with Crippen molar-refractivity contribution in [1.29, 1.82) is 0 Å². The van der Waals surface area contributed by atoms with Crippen LogP contribution in [0.2, 0.25) is 0 Å². The van der Waals surface area contributed by atoms with Crippen molar-refractivity contribution in [2.45, 2.75) is 43.0 Å². The number of piperazine rings is 2. The molecule has 2 aromatic carbocycles. The van der Waals surface area contributed by atoms with Gasteiger partial charge in [0.2, 0.25) is 5.91 Å². The summed E-state index contributed by atoms with van der Waals surface area (Å²) in [5, 5.41) is 0.117. The molecule has 46 heavy (non-hydrogen) atoms. The van der Waals surface area contributed by atoms with E-state index in [0.717, 1.165) is 56.1 Å². The van der Waals surface area contributed by atoms with E-state index in [0.29, 0.717) is 12.6 Å². The number of nitrogens with zero attached hydrogens (tertiary/aromatic N) is 6. The maximum Gasteiger partial charge on any atom is 0.417 e. The molecule has 3 atom stereocenters. The second-order valence-corrected chi connectivity index (χ2v) is 13.4. The van der Waals surface area contributed by atoms with Gasteiger partial charge in [-0.2, -0.15) is 18.2 Å². The number of alkyl halides is 3. The highest BCUT2D eigenvalue weighted by molar-refractivity contribution is 7.99. The van der Waals surface area contributed by atoms with Gasteiger partial charge in [-0.05, 0) is 45.2 Å². The Labute approximate surface area is 267 Å². The Morgan fingerprint density at radius 2 is 1.80 bits per heavy atom. The number of carbonyl (C=O) groups is 1. The van der Waals surface area contributed by atoms with Crippen LogP contribution in [0, 0.1) is 11.6 Å². The second kappa shape index (κ2) is 12.3. The van der Waals surface area contributed by atoms with Gasteiger partial charge in [-0.15, -0.1) is 11.8 Å². The fourth-order valence-electron chi connectivity index (χ4n) is 6.80. The third-order valence-corrected chi connectivity index (χ3v) is 10.5. The van der Waals surface area contributed by atoms with Crippen molar-refractivity contribution in [3.63, 3.8) is 0 Å². The van der Waals surface area contributed by atoms with Crippen LogP contribution in [0.4, 0.5) is 27.8 Å². The largest absolute Gasteiger partial charge is 0.417 e. The third kappa shape index (κ3) is 5.79. The lowest BCUT2D eigenvalue weighted by Crippen LogP contribution is -2.58. The molecule has 246 valence electrons. The number of carbonyl (C=O) groups excluding carboxylic acids is 1. The summed E-state index contributed by atoms with van der Waals surface area (Å²) in [6.07, 6.45) is -3.69. The molecular formula is C32H35F5N6O2S. The Bertz CT molecular complexity index is 1760. The minimum Gasteiger partial charge on any atom is -0.349 e. The van der Waals surface area contributed by atoms with Crippen molar-refractivity contribution in [2.75, 3.05) is 63.5 Å².